The maximum Gasteiger partial charge on any atom is 0.372 e. The Morgan fingerprint density at radius 3 is 2.74 bits per heavy atom. The number of rotatable bonds is 5. The van der Waals surface area contributed by atoms with E-state index in [0.717, 1.165) is 5.76 Å². The fourth-order valence-electron chi connectivity index (χ4n) is 1.76. The number of carboxylic acid groups (broad SMARTS) is 1. The molecule has 2 rings (SSSR count). The summed E-state index contributed by atoms with van der Waals surface area (Å²) >= 11 is 0. The molecule has 2 heterocycles. The number of hydrogen-bond donors (Lipinski definition) is 2. The lowest BCUT2D eigenvalue weighted by molar-refractivity contribution is 0.0659. The fourth-order valence-corrected chi connectivity index (χ4v) is 1.76. The summed E-state index contributed by atoms with van der Waals surface area (Å²) in [6.07, 6.45) is 1.66. The van der Waals surface area contributed by atoms with E-state index in [0.29, 0.717) is 23.8 Å². The second kappa shape index (κ2) is 5.27. The average Bonchev–Trinajstić information content (AvgIpc) is 2.92. The molecular formula is C13H16N2O4. The Balaban J connectivity index is 1.99. The zero-order valence-corrected chi connectivity index (χ0v) is 11.1. The number of hydrogen-bond acceptors (Lipinski definition) is 5. The molecule has 19 heavy (non-hydrogen) atoms. The lowest BCUT2D eigenvalue weighted by atomic mass is 10.2. The number of aromatic nitrogens is 1. The SMILES string of the molecule is Cc1cnc(C(C)NCc2cc(C)c(C(=O)O)o2)o1. The third-order valence-corrected chi connectivity index (χ3v) is 2.76. The van der Waals surface area contributed by atoms with E-state index in [2.05, 4.69) is 10.3 Å². The van der Waals surface area contributed by atoms with E-state index in [1.165, 1.54) is 0 Å². The molecule has 102 valence electrons. The molecule has 0 aromatic carbocycles. The van der Waals surface area contributed by atoms with E-state index in [1.807, 2.05) is 13.8 Å². The Labute approximate surface area is 110 Å². The highest BCUT2D eigenvalue weighted by atomic mass is 16.4. The topological polar surface area (TPSA) is 88.5 Å². The van der Waals surface area contributed by atoms with E-state index < -0.39 is 5.97 Å². The predicted molar refractivity (Wildman–Crippen MR) is 66.9 cm³/mol. The number of nitrogens with one attached hydrogen (secondary N) is 1. The lowest BCUT2D eigenvalue weighted by Gasteiger charge is -2.08. The van der Waals surface area contributed by atoms with Gasteiger partial charge in [-0.25, -0.2) is 9.78 Å². The molecule has 1 atom stereocenters. The fraction of sp³-hybridized carbons (Fsp3) is 0.385. The molecule has 0 saturated heterocycles. The Bertz CT molecular complexity index is 585. The van der Waals surface area contributed by atoms with Crippen LogP contribution in [0.1, 0.15) is 46.5 Å². The number of oxazole rings is 1. The van der Waals surface area contributed by atoms with Crippen LogP contribution in [-0.2, 0) is 6.54 Å². The molecular weight excluding hydrogens is 248 g/mol. The molecule has 1 unspecified atom stereocenters. The van der Waals surface area contributed by atoms with Crippen molar-refractivity contribution in [3.63, 3.8) is 0 Å². The highest BCUT2D eigenvalue weighted by Crippen LogP contribution is 2.17. The molecule has 6 heteroatoms. The minimum atomic E-state index is -1.06. The first kappa shape index (κ1) is 13.4. The van der Waals surface area contributed by atoms with Crippen molar-refractivity contribution in [2.45, 2.75) is 33.4 Å². The summed E-state index contributed by atoms with van der Waals surface area (Å²) in [6, 6.07) is 1.64. The number of nitrogens with zero attached hydrogens (tertiary/aromatic N) is 1. The zero-order chi connectivity index (χ0) is 14.0. The Hall–Kier alpha value is -2.08. The van der Waals surface area contributed by atoms with E-state index >= 15 is 0 Å². The molecule has 0 aliphatic rings. The van der Waals surface area contributed by atoms with Crippen molar-refractivity contribution in [2.75, 3.05) is 0 Å². The Morgan fingerprint density at radius 2 is 2.21 bits per heavy atom. The molecule has 0 bridgehead atoms. The highest BCUT2D eigenvalue weighted by molar-refractivity contribution is 5.86. The van der Waals surface area contributed by atoms with Gasteiger partial charge in [0.2, 0.25) is 11.7 Å². The van der Waals surface area contributed by atoms with E-state index in [4.69, 9.17) is 13.9 Å². The maximum atomic E-state index is 10.9. The minimum absolute atomic E-state index is 0.0172. The van der Waals surface area contributed by atoms with Crippen molar-refractivity contribution in [3.8, 4) is 0 Å². The van der Waals surface area contributed by atoms with E-state index in [9.17, 15) is 4.79 Å². The van der Waals surface area contributed by atoms with Gasteiger partial charge in [-0.2, -0.15) is 0 Å². The van der Waals surface area contributed by atoms with Gasteiger partial charge < -0.3 is 13.9 Å². The molecule has 0 fully saturated rings. The minimum Gasteiger partial charge on any atom is -0.475 e. The van der Waals surface area contributed by atoms with E-state index in [-0.39, 0.29) is 11.8 Å². The van der Waals surface area contributed by atoms with Gasteiger partial charge in [-0.1, -0.05) is 0 Å². The summed E-state index contributed by atoms with van der Waals surface area (Å²) in [5.74, 6) is 0.853. The molecule has 0 radical (unpaired) electrons. The second-order valence-electron chi connectivity index (χ2n) is 4.44. The average molecular weight is 264 g/mol. The van der Waals surface area contributed by atoms with Crippen LogP contribution in [0.2, 0.25) is 0 Å². The van der Waals surface area contributed by atoms with Gasteiger partial charge in [0.1, 0.15) is 11.5 Å². The number of furan rings is 1. The van der Waals surface area contributed by atoms with Crippen molar-refractivity contribution in [1.82, 2.24) is 10.3 Å². The normalized spacial score (nSPS) is 12.6. The smallest absolute Gasteiger partial charge is 0.372 e. The van der Waals surface area contributed by atoms with Crippen LogP contribution in [0, 0.1) is 13.8 Å². The summed E-state index contributed by atoms with van der Waals surface area (Å²) < 4.78 is 10.7. The highest BCUT2D eigenvalue weighted by Gasteiger charge is 2.16. The van der Waals surface area contributed by atoms with Gasteiger partial charge in [0.05, 0.1) is 18.8 Å². The largest absolute Gasteiger partial charge is 0.475 e. The first-order valence-electron chi connectivity index (χ1n) is 5.95. The molecule has 6 nitrogen and oxygen atoms in total. The van der Waals surface area contributed by atoms with Crippen LogP contribution in [0.15, 0.2) is 21.1 Å². The Morgan fingerprint density at radius 1 is 1.47 bits per heavy atom. The van der Waals surface area contributed by atoms with Crippen molar-refractivity contribution < 1.29 is 18.7 Å². The van der Waals surface area contributed by atoms with Crippen LogP contribution in [0.4, 0.5) is 0 Å². The summed E-state index contributed by atoms with van der Waals surface area (Å²) in [5, 5.41) is 12.1. The van der Waals surface area contributed by atoms with Crippen LogP contribution in [0.3, 0.4) is 0 Å². The maximum absolute atomic E-state index is 10.9. The number of aromatic carboxylic acids is 1. The molecule has 0 spiro atoms. The predicted octanol–water partition coefficient (Wildman–Crippen LogP) is 2.43. The van der Waals surface area contributed by atoms with Crippen molar-refractivity contribution >= 4 is 5.97 Å². The van der Waals surface area contributed by atoms with Crippen LogP contribution < -0.4 is 5.32 Å². The third-order valence-electron chi connectivity index (χ3n) is 2.76. The van der Waals surface area contributed by atoms with Gasteiger partial charge in [-0.05, 0) is 26.8 Å². The first-order chi connectivity index (χ1) is 8.97. The van der Waals surface area contributed by atoms with Gasteiger partial charge in [0.25, 0.3) is 0 Å². The summed E-state index contributed by atoms with van der Waals surface area (Å²) in [6.45, 7) is 5.87. The van der Waals surface area contributed by atoms with Gasteiger partial charge in [0, 0.05) is 5.56 Å². The van der Waals surface area contributed by atoms with Gasteiger partial charge in [-0.3, -0.25) is 5.32 Å². The Kier molecular flexibility index (Phi) is 3.71. The zero-order valence-electron chi connectivity index (χ0n) is 11.1. The number of carbonyl (C=O) groups is 1. The summed E-state index contributed by atoms with van der Waals surface area (Å²) in [7, 11) is 0. The van der Waals surface area contributed by atoms with Crippen molar-refractivity contribution in [1.29, 1.82) is 0 Å². The van der Waals surface area contributed by atoms with Crippen molar-refractivity contribution in [2.24, 2.45) is 0 Å². The lowest BCUT2D eigenvalue weighted by Crippen LogP contribution is -2.18. The quantitative estimate of drug-likeness (QED) is 0.862. The number of carboxylic acids is 1. The second-order valence-corrected chi connectivity index (χ2v) is 4.44. The van der Waals surface area contributed by atoms with Crippen LogP contribution in [0.5, 0.6) is 0 Å². The third kappa shape index (κ3) is 3.03. The first-order valence-corrected chi connectivity index (χ1v) is 5.95. The molecule has 2 aromatic heterocycles. The summed E-state index contributed by atoms with van der Waals surface area (Å²) in [4.78, 5) is 15.0. The summed E-state index contributed by atoms with van der Waals surface area (Å²) in [5.41, 5.74) is 0.615. The van der Waals surface area contributed by atoms with Gasteiger partial charge >= 0.3 is 5.97 Å². The standard InChI is InChI=1S/C13H16N2O4/c1-7-4-10(19-11(7)13(16)17)6-14-9(3)12-15-5-8(2)18-12/h4-5,9,14H,6H2,1-3H3,(H,16,17). The van der Waals surface area contributed by atoms with Crippen LogP contribution >= 0.6 is 0 Å². The molecule has 2 N–H and O–H groups in total. The molecule has 0 saturated carbocycles. The molecule has 0 aliphatic carbocycles. The monoisotopic (exact) mass is 264 g/mol. The van der Waals surface area contributed by atoms with Gasteiger partial charge in [0.15, 0.2) is 0 Å². The van der Waals surface area contributed by atoms with E-state index in [1.54, 1.807) is 19.2 Å². The van der Waals surface area contributed by atoms with Crippen molar-refractivity contribution in [3.05, 3.63) is 41.0 Å². The molecule has 0 amide bonds. The van der Waals surface area contributed by atoms with Crippen LogP contribution in [0.25, 0.3) is 0 Å². The number of aryl methyl sites for hydroxylation is 2. The molecule has 0 aliphatic heterocycles. The van der Waals surface area contributed by atoms with Crippen LogP contribution in [-0.4, -0.2) is 16.1 Å². The molecule has 2 aromatic rings. The van der Waals surface area contributed by atoms with Gasteiger partial charge in [-0.15, -0.1) is 0 Å².